The Kier molecular flexibility index (Phi) is 6.17. The molecule has 2 amide bonds. The van der Waals surface area contributed by atoms with Gasteiger partial charge in [-0.25, -0.2) is 9.78 Å². The number of carbonyl (C=O) groups excluding carboxylic acids is 2. The number of hydrogen-bond donors (Lipinski definition) is 2. The Balaban J connectivity index is 1.06. The van der Waals surface area contributed by atoms with Crippen molar-refractivity contribution in [2.45, 2.75) is 50.4 Å². The van der Waals surface area contributed by atoms with Crippen LogP contribution >= 0.6 is 0 Å². The molecule has 0 bridgehead atoms. The summed E-state index contributed by atoms with van der Waals surface area (Å²) in [4.78, 5) is 42.9. The molecule has 11 nitrogen and oxygen atoms in total. The van der Waals surface area contributed by atoms with Gasteiger partial charge >= 0.3 is 6.09 Å². The molecule has 11 heteroatoms. The molecule has 1 saturated heterocycles. The number of anilines is 2. The van der Waals surface area contributed by atoms with E-state index in [1.165, 1.54) is 0 Å². The maximum atomic E-state index is 12.8. The van der Waals surface area contributed by atoms with Crippen LogP contribution in [0.3, 0.4) is 0 Å². The van der Waals surface area contributed by atoms with E-state index in [9.17, 15) is 19.6 Å². The fourth-order valence-electron chi connectivity index (χ4n) is 5.53. The lowest BCUT2D eigenvalue weighted by molar-refractivity contribution is -0.118. The summed E-state index contributed by atoms with van der Waals surface area (Å²) in [5, 5.41) is 16.4. The third-order valence-electron chi connectivity index (χ3n) is 7.36. The van der Waals surface area contributed by atoms with Gasteiger partial charge in [0.05, 0.1) is 23.2 Å². The van der Waals surface area contributed by atoms with Gasteiger partial charge in [0.15, 0.2) is 18.2 Å². The smallest absolute Gasteiger partial charge is 0.416 e. The van der Waals surface area contributed by atoms with Gasteiger partial charge in [-0.3, -0.25) is 14.5 Å². The minimum absolute atomic E-state index is 0.0559. The van der Waals surface area contributed by atoms with Crippen LogP contribution in [0.15, 0.2) is 47.3 Å². The number of aryl methyl sites for hydroxylation is 1. The van der Waals surface area contributed by atoms with Crippen LogP contribution in [0.5, 0.6) is 5.75 Å². The maximum Gasteiger partial charge on any atom is 0.416 e. The Morgan fingerprint density at radius 1 is 1.13 bits per heavy atom. The third kappa shape index (κ3) is 4.43. The van der Waals surface area contributed by atoms with Crippen LogP contribution in [0.4, 0.5) is 16.4 Å². The molecule has 194 valence electrons. The molecule has 2 fully saturated rings. The molecule has 2 N–H and O–H groups in total. The number of ether oxygens (including phenoxy) is 2. The average Bonchev–Trinajstić information content (AvgIpc) is 3.26. The predicted molar refractivity (Wildman–Crippen MR) is 138 cm³/mol. The van der Waals surface area contributed by atoms with Crippen LogP contribution in [0.25, 0.3) is 10.9 Å². The van der Waals surface area contributed by atoms with Gasteiger partial charge in [-0.05, 0) is 61.5 Å². The molecule has 0 radical (unpaired) electrons. The Morgan fingerprint density at radius 2 is 2.00 bits per heavy atom. The lowest BCUT2D eigenvalue weighted by atomic mass is 9.88. The minimum atomic E-state index is -0.441. The number of nitrogens with zero attached hydrogens (tertiary/aromatic N) is 4. The van der Waals surface area contributed by atoms with Crippen LogP contribution in [0, 0.1) is 11.3 Å². The topological polar surface area (TPSA) is 139 Å². The second kappa shape index (κ2) is 9.79. The van der Waals surface area contributed by atoms with Crippen molar-refractivity contribution < 1.29 is 19.1 Å². The van der Waals surface area contributed by atoms with Crippen molar-refractivity contribution in [3.8, 4) is 11.8 Å². The van der Waals surface area contributed by atoms with E-state index in [1.54, 1.807) is 45.9 Å². The van der Waals surface area contributed by atoms with Crippen molar-refractivity contribution in [3.05, 3.63) is 58.4 Å². The molecule has 3 aliphatic rings. The first-order valence-electron chi connectivity index (χ1n) is 12.7. The molecule has 4 heterocycles. The van der Waals surface area contributed by atoms with E-state index in [2.05, 4.69) is 21.7 Å². The van der Waals surface area contributed by atoms with Crippen LogP contribution < -0.4 is 25.8 Å². The van der Waals surface area contributed by atoms with Crippen molar-refractivity contribution in [3.63, 3.8) is 0 Å². The molecule has 38 heavy (non-hydrogen) atoms. The van der Waals surface area contributed by atoms with E-state index in [0.29, 0.717) is 42.5 Å². The Morgan fingerprint density at radius 3 is 2.87 bits per heavy atom. The Hall–Kier alpha value is -4.43. The number of benzene rings is 1. The number of carbonyl (C=O) groups is 2. The monoisotopic (exact) mass is 514 g/mol. The Bertz CT molecular complexity index is 1530. The minimum Gasteiger partial charge on any atom is -0.480 e. The largest absolute Gasteiger partial charge is 0.480 e. The second-order valence-corrected chi connectivity index (χ2v) is 9.74. The lowest BCUT2D eigenvalue weighted by Gasteiger charge is -2.33. The normalized spacial score (nSPS) is 22.2. The fourth-order valence-corrected chi connectivity index (χ4v) is 5.53. The van der Waals surface area contributed by atoms with E-state index >= 15 is 0 Å². The predicted octanol–water partition coefficient (Wildman–Crippen LogP) is 2.53. The van der Waals surface area contributed by atoms with Crippen LogP contribution in [-0.2, 0) is 16.1 Å². The number of nitrogens with one attached hydrogen (secondary N) is 2. The average molecular weight is 515 g/mol. The highest BCUT2D eigenvalue weighted by Crippen LogP contribution is 2.37. The van der Waals surface area contributed by atoms with Gasteiger partial charge in [0.1, 0.15) is 11.9 Å². The molecular weight excluding hydrogens is 488 g/mol. The van der Waals surface area contributed by atoms with Crippen LogP contribution in [-0.4, -0.2) is 52.9 Å². The number of nitriles is 1. The van der Waals surface area contributed by atoms with E-state index < -0.39 is 6.09 Å². The molecule has 1 aliphatic carbocycles. The standard InChI is InChI=1S/C27H26N6O5/c28-14-16-2-3-17-4-9-25(35)32(20(17)12-16)11-1-10-29-18-5-6-19-22(13-18)38-27(36)33(19)23-8-7-21-26(30-23)31-24(34)15-37-21/h2-4,7-9,12,18-19,22,29H,1,5-6,10-11,13,15H2,(H,30,31,34)/t18-,19-,22-/m0/s1. The lowest BCUT2D eigenvalue weighted by Crippen LogP contribution is -2.46. The summed E-state index contributed by atoms with van der Waals surface area (Å²) in [6.45, 7) is 1.18. The zero-order valence-electron chi connectivity index (χ0n) is 20.6. The van der Waals surface area contributed by atoms with Crippen molar-refractivity contribution in [2.75, 3.05) is 23.4 Å². The first-order valence-corrected chi connectivity index (χ1v) is 12.7. The first kappa shape index (κ1) is 23.9. The van der Waals surface area contributed by atoms with Crippen molar-refractivity contribution in [2.24, 2.45) is 0 Å². The highest BCUT2D eigenvalue weighted by Gasteiger charge is 2.46. The molecule has 1 aromatic carbocycles. The summed E-state index contributed by atoms with van der Waals surface area (Å²) in [7, 11) is 0. The molecule has 2 aliphatic heterocycles. The van der Waals surface area contributed by atoms with E-state index in [-0.39, 0.29) is 36.3 Å². The molecule has 2 aromatic heterocycles. The number of pyridine rings is 2. The van der Waals surface area contributed by atoms with E-state index in [0.717, 1.165) is 30.2 Å². The molecule has 3 aromatic rings. The molecular formula is C27H26N6O5. The summed E-state index contributed by atoms with van der Waals surface area (Å²) in [5.74, 6) is 0.924. The van der Waals surface area contributed by atoms with Gasteiger partial charge in [0.25, 0.3) is 11.5 Å². The number of rotatable bonds is 6. The molecule has 1 saturated carbocycles. The van der Waals surface area contributed by atoms with Crippen molar-refractivity contribution >= 4 is 34.5 Å². The molecule has 3 atom stereocenters. The summed E-state index contributed by atoms with van der Waals surface area (Å²) >= 11 is 0. The van der Waals surface area contributed by atoms with Crippen LogP contribution in [0.1, 0.15) is 31.2 Å². The van der Waals surface area contributed by atoms with Gasteiger partial charge in [0, 0.05) is 25.1 Å². The van der Waals surface area contributed by atoms with Gasteiger partial charge in [-0.2, -0.15) is 5.26 Å². The van der Waals surface area contributed by atoms with Crippen molar-refractivity contribution in [1.82, 2.24) is 14.9 Å². The summed E-state index contributed by atoms with van der Waals surface area (Å²) < 4.78 is 12.8. The van der Waals surface area contributed by atoms with Gasteiger partial charge in [-0.1, -0.05) is 6.07 Å². The number of aromatic nitrogens is 2. The molecule has 6 rings (SSSR count). The van der Waals surface area contributed by atoms with Gasteiger partial charge in [0.2, 0.25) is 0 Å². The number of hydrogen-bond acceptors (Lipinski definition) is 8. The maximum absolute atomic E-state index is 12.8. The SMILES string of the molecule is N#Cc1ccc2ccc(=O)n(CCCN[C@H]3CC[C@H]4[C@H](C3)OC(=O)N4c3ccc4c(n3)NC(=O)CO4)c2c1. The highest BCUT2D eigenvalue weighted by molar-refractivity contribution is 5.95. The zero-order chi connectivity index (χ0) is 26.2. The Labute approximate surface area is 218 Å². The quantitative estimate of drug-likeness (QED) is 0.479. The van der Waals surface area contributed by atoms with Crippen LogP contribution in [0.2, 0.25) is 0 Å². The summed E-state index contributed by atoms with van der Waals surface area (Å²) in [6, 6.07) is 14.3. The number of fused-ring (bicyclic) bond motifs is 3. The first-order chi connectivity index (χ1) is 18.5. The zero-order valence-corrected chi connectivity index (χ0v) is 20.6. The molecule has 0 unspecified atom stereocenters. The van der Waals surface area contributed by atoms with Gasteiger partial charge < -0.3 is 24.7 Å². The van der Waals surface area contributed by atoms with Crippen molar-refractivity contribution in [1.29, 1.82) is 5.26 Å². The number of amides is 2. The summed E-state index contributed by atoms with van der Waals surface area (Å²) in [5.41, 5.74) is 1.19. The van der Waals surface area contributed by atoms with E-state index in [4.69, 9.17) is 9.47 Å². The summed E-state index contributed by atoms with van der Waals surface area (Å²) in [6.07, 6.45) is 2.32. The third-order valence-corrected chi connectivity index (χ3v) is 7.36. The molecule has 0 spiro atoms. The highest BCUT2D eigenvalue weighted by atomic mass is 16.6. The van der Waals surface area contributed by atoms with E-state index in [1.807, 2.05) is 6.07 Å². The second-order valence-electron chi connectivity index (χ2n) is 9.74. The fraction of sp³-hybridized carbons (Fsp3) is 0.370. The van der Waals surface area contributed by atoms with Gasteiger partial charge in [-0.15, -0.1) is 0 Å².